The fraction of sp³-hybridized carbons (Fsp3) is 0.417. The highest BCUT2D eigenvalue weighted by Gasteiger charge is 2.23. The molecule has 0 unspecified atom stereocenters. The molecule has 0 spiro atoms. The van der Waals surface area contributed by atoms with Gasteiger partial charge in [0.1, 0.15) is 11.6 Å². The minimum Gasteiger partial charge on any atom is -0.497 e. The molecule has 6 nitrogen and oxygen atoms in total. The number of methoxy groups -OCH3 is 1. The molecule has 0 bridgehead atoms. The molecule has 2 aromatic heterocycles. The second kappa shape index (κ2) is 4.82. The molecule has 104 valence electrons. The molecule has 2 aromatic rings. The van der Waals surface area contributed by atoms with Crippen LogP contribution >= 0.6 is 0 Å². The van der Waals surface area contributed by atoms with Gasteiger partial charge in [-0.1, -0.05) is 13.8 Å². The van der Waals surface area contributed by atoms with Crippen LogP contribution in [0.2, 0.25) is 0 Å². The summed E-state index contributed by atoms with van der Waals surface area (Å²) in [5, 5.41) is 0.0256. The quantitative estimate of drug-likeness (QED) is 0.920. The van der Waals surface area contributed by atoms with Crippen molar-refractivity contribution in [1.29, 1.82) is 0 Å². The molecular formula is C12H17N3O3S. The van der Waals surface area contributed by atoms with Gasteiger partial charge in [-0.25, -0.2) is 18.1 Å². The van der Waals surface area contributed by atoms with Gasteiger partial charge in [0.25, 0.3) is 10.0 Å². The highest BCUT2D eigenvalue weighted by molar-refractivity contribution is 7.89. The van der Waals surface area contributed by atoms with Crippen LogP contribution in [-0.4, -0.2) is 32.0 Å². The average Bonchev–Trinajstić information content (AvgIpc) is 2.77. The van der Waals surface area contributed by atoms with Crippen molar-refractivity contribution < 1.29 is 13.2 Å². The summed E-state index contributed by atoms with van der Waals surface area (Å²) in [5.41, 5.74) is 0.511. The number of nitrogens with zero attached hydrogens (tertiary/aromatic N) is 2. The van der Waals surface area contributed by atoms with E-state index in [1.54, 1.807) is 22.7 Å². The van der Waals surface area contributed by atoms with Crippen molar-refractivity contribution in [1.82, 2.24) is 14.1 Å². The lowest BCUT2D eigenvalue weighted by molar-refractivity contribution is 0.414. The number of hydrogen-bond acceptors (Lipinski definition) is 4. The van der Waals surface area contributed by atoms with Crippen molar-refractivity contribution in [3.63, 3.8) is 0 Å². The first kappa shape index (κ1) is 13.8. The van der Waals surface area contributed by atoms with Crippen molar-refractivity contribution >= 4 is 15.5 Å². The molecule has 0 amide bonds. The summed E-state index contributed by atoms with van der Waals surface area (Å²) in [6.45, 7) is 3.93. The van der Waals surface area contributed by atoms with Gasteiger partial charge >= 0.3 is 0 Å². The van der Waals surface area contributed by atoms with E-state index in [0.29, 0.717) is 17.1 Å². The number of ether oxygens (including phenoxy) is 1. The lowest BCUT2D eigenvalue weighted by atomic mass is 10.2. The Balaban J connectivity index is 2.83. The standard InChI is InChI=1S/C12H17N3O3S/c1-8(2)11-14-12(19(16,17)13-3)10-7-9(18-4)5-6-15(10)11/h5-8,13H,1-4H3. The summed E-state index contributed by atoms with van der Waals surface area (Å²) in [6.07, 6.45) is 1.77. The number of sulfonamides is 1. The second-order valence-corrected chi connectivity index (χ2v) is 6.26. The van der Waals surface area contributed by atoms with Gasteiger partial charge in [-0.3, -0.25) is 0 Å². The predicted octanol–water partition coefficient (Wildman–Crippen LogP) is 1.37. The first-order valence-corrected chi connectivity index (χ1v) is 7.38. The van der Waals surface area contributed by atoms with E-state index >= 15 is 0 Å². The molecule has 0 radical (unpaired) electrons. The van der Waals surface area contributed by atoms with Gasteiger partial charge in [0.15, 0.2) is 5.03 Å². The largest absolute Gasteiger partial charge is 0.497 e. The number of nitrogens with one attached hydrogen (secondary N) is 1. The molecule has 0 saturated heterocycles. The van der Waals surface area contributed by atoms with E-state index in [9.17, 15) is 8.42 Å². The molecule has 7 heteroatoms. The Morgan fingerprint density at radius 3 is 2.63 bits per heavy atom. The monoisotopic (exact) mass is 283 g/mol. The first-order chi connectivity index (χ1) is 8.90. The maximum Gasteiger partial charge on any atom is 0.259 e. The third-order valence-electron chi connectivity index (χ3n) is 2.88. The fourth-order valence-corrected chi connectivity index (χ4v) is 2.73. The summed E-state index contributed by atoms with van der Waals surface area (Å²) in [4.78, 5) is 4.26. The van der Waals surface area contributed by atoms with Crippen LogP contribution in [0.5, 0.6) is 5.75 Å². The van der Waals surface area contributed by atoms with E-state index in [4.69, 9.17) is 4.74 Å². The number of rotatable bonds is 4. The van der Waals surface area contributed by atoms with Crippen LogP contribution < -0.4 is 9.46 Å². The molecule has 0 fully saturated rings. The average molecular weight is 283 g/mol. The molecule has 2 rings (SSSR count). The Morgan fingerprint density at radius 2 is 2.11 bits per heavy atom. The maximum absolute atomic E-state index is 12.0. The van der Waals surface area contributed by atoms with Crippen molar-refractivity contribution in [3.05, 3.63) is 24.2 Å². The SMILES string of the molecule is CNS(=O)(=O)c1nc(C(C)C)n2ccc(OC)cc12. The summed E-state index contributed by atoms with van der Waals surface area (Å²) < 4.78 is 33.3. The molecule has 1 N–H and O–H groups in total. The minimum atomic E-state index is -3.60. The van der Waals surface area contributed by atoms with Crippen LogP contribution in [0.3, 0.4) is 0 Å². The molecule has 19 heavy (non-hydrogen) atoms. The Bertz CT molecular complexity index is 704. The van der Waals surface area contributed by atoms with Crippen LogP contribution in [0.1, 0.15) is 25.6 Å². The van der Waals surface area contributed by atoms with E-state index < -0.39 is 10.0 Å². The molecule has 0 aliphatic heterocycles. The summed E-state index contributed by atoms with van der Waals surface area (Å²) in [6, 6.07) is 3.44. The summed E-state index contributed by atoms with van der Waals surface area (Å²) in [7, 11) is -0.690. The Morgan fingerprint density at radius 1 is 1.42 bits per heavy atom. The Hall–Kier alpha value is -1.60. The molecular weight excluding hydrogens is 266 g/mol. The minimum absolute atomic E-state index is 0.0256. The molecule has 0 aromatic carbocycles. The van der Waals surface area contributed by atoms with Gasteiger partial charge in [0, 0.05) is 18.2 Å². The lowest BCUT2D eigenvalue weighted by Gasteiger charge is -2.05. The Labute approximate surface area is 112 Å². The third kappa shape index (κ3) is 2.31. The van der Waals surface area contributed by atoms with Gasteiger partial charge in [-0.05, 0) is 13.1 Å². The smallest absolute Gasteiger partial charge is 0.259 e. The van der Waals surface area contributed by atoms with Gasteiger partial charge in [0.2, 0.25) is 0 Å². The maximum atomic E-state index is 12.0. The number of imidazole rings is 1. The molecule has 2 heterocycles. The highest BCUT2D eigenvalue weighted by atomic mass is 32.2. The van der Waals surface area contributed by atoms with Crippen molar-refractivity contribution in [2.45, 2.75) is 24.8 Å². The zero-order valence-electron chi connectivity index (χ0n) is 11.3. The van der Waals surface area contributed by atoms with Crippen LogP contribution in [0.15, 0.2) is 23.4 Å². The fourth-order valence-electron chi connectivity index (χ4n) is 1.89. The lowest BCUT2D eigenvalue weighted by Crippen LogP contribution is -2.19. The van der Waals surface area contributed by atoms with Crippen molar-refractivity contribution in [2.75, 3.05) is 14.2 Å². The zero-order chi connectivity index (χ0) is 14.2. The van der Waals surface area contributed by atoms with Crippen LogP contribution in [0.25, 0.3) is 5.52 Å². The van der Waals surface area contributed by atoms with Gasteiger partial charge in [0.05, 0.1) is 12.6 Å². The van der Waals surface area contributed by atoms with E-state index in [1.807, 2.05) is 13.8 Å². The Kier molecular flexibility index (Phi) is 3.51. The van der Waals surface area contributed by atoms with Gasteiger partial charge in [-0.15, -0.1) is 0 Å². The molecule has 0 aliphatic carbocycles. The first-order valence-electron chi connectivity index (χ1n) is 5.90. The van der Waals surface area contributed by atoms with Crippen LogP contribution in [-0.2, 0) is 10.0 Å². The van der Waals surface area contributed by atoms with Crippen LogP contribution in [0.4, 0.5) is 0 Å². The number of hydrogen-bond donors (Lipinski definition) is 1. The van der Waals surface area contributed by atoms with E-state index in [-0.39, 0.29) is 10.9 Å². The normalized spacial score (nSPS) is 12.3. The van der Waals surface area contributed by atoms with Crippen LogP contribution in [0, 0.1) is 0 Å². The van der Waals surface area contributed by atoms with Gasteiger partial charge in [-0.2, -0.15) is 0 Å². The number of aromatic nitrogens is 2. The second-order valence-electron chi connectivity index (χ2n) is 4.46. The van der Waals surface area contributed by atoms with E-state index in [1.165, 1.54) is 14.2 Å². The topological polar surface area (TPSA) is 72.7 Å². The molecule has 0 atom stereocenters. The van der Waals surface area contributed by atoms with E-state index in [2.05, 4.69) is 9.71 Å². The zero-order valence-corrected chi connectivity index (χ0v) is 12.2. The predicted molar refractivity (Wildman–Crippen MR) is 72.1 cm³/mol. The summed E-state index contributed by atoms with van der Waals surface area (Å²) in [5.74, 6) is 1.41. The van der Waals surface area contributed by atoms with Crippen molar-refractivity contribution in [3.8, 4) is 5.75 Å². The third-order valence-corrected chi connectivity index (χ3v) is 4.23. The highest BCUT2D eigenvalue weighted by Crippen LogP contribution is 2.25. The van der Waals surface area contributed by atoms with E-state index in [0.717, 1.165) is 0 Å². The van der Waals surface area contributed by atoms with Crippen molar-refractivity contribution in [2.24, 2.45) is 0 Å². The number of pyridine rings is 1. The number of fused-ring (bicyclic) bond motifs is 1. The molecule has 0 aliphatic rings. The summed E-state index contributed by atoms with van der Waals surface area (Å²) >= 11 is 0. The molecule has 0 saturated carbocycles. The van der Waals surface area contributed by atoms with Gasteiger partial charge < -0.3 is 9.14 Å².